The van der Waals surface area contributed by atoms with Gasteiger partial charge in [0.2, 0.25) is 0 Å². The second kappa shape index (κ2) is 13.0. The number of carbonyl (C=O) groups excluding carboxylic acids is 1. The number of esters is 1. The van der Waals surface area contributed by atoms with Crippen LogP contribution in [0.3, 0.4) is 0 Å². The molecule has 2 aromatic carbocycles. The summed E-state index contributed by atoms with van der Waals surface area (Å²) in [6.45, 7) is 4.29. The number of carboxylic acids is 1. The summed E-state index contributed by atoms with van der Waals surface area (Å²) in [6, 6.07) is 15.3. The molecule has 8 nitrogen and oxygen atoms in total. The van der Waals surface area contributed by atoms with Crippen LogP contribution in [-0.4, -0.2) is 28.2 Å². The van der Waals surface area contributed by atoms with Crippen molar-refractivity contribution in [2.75, 3.05) is 6.61 Å². The van der Waals surface area contributed by atoms with Gasteiger partial charge in [-0.25, -0.2) is 14.6 Å². The maximum Gasteiger partial charge on any atom is 0.338 e. The fourth-order valence-electron chi connectivity index (χ4n) is 4.62. The molecule has 1 atom stereocenters. The number of carbonyl (C=O) groups is 2. The van der Waals surface area contributed by atoms with Gasteiger partial charge < -0.3 is 14.6 Å². The van der Waals surface area contributed by atoms with Crippen molar-refractivity contribution in [3.63, 3.8) is 0 Å². The molecule has 5 rings (SSSR count). The van der Waals surface area contributed by atoms with Crippen molar-refractivity contribution < 1.29 is 24.2 Å². The largest absolute Gasteiger partial charge is 0.488 e. The molecule has 0 saturated heterocycles. The van der Waals surface area contributed by atoms with E-state index in [0.717, 1.165) is 22.4 Å². The molecule has 0 saturated carbocycles. The monoisotopic (exact) mass is 666 g/mol. The summed E-state index contributed by atoms with van der Waals surface area (Å²) in [6.07, 6.45) is 3.20. The van der Waals surface area contributed by atoms with Gasteiger partial charge in [0.15, 0.2) is 4.80 Å². The summed E-state index contributed by atoms with van der Waals surface area (Å²) in [7, 11) is 0. The quantitative estimate of drug-likeness (QED) is 0.218. The molecule has 1 N–H and O–H groups in total. The lowest BCUT2D eigenvalue weighted by molar-refractivity contribution is -0.139. The third-order valence-corrected chi connectivity index (χ3v) is 9.08. The summed E-state index contributed by atoms with van der Waals surface area (Å²) in [5.41, 5.74) is 2.69. The first-order valence-electron chi connectivity index (χ1n) is 13.3. The molecule has 1 aliphatic rings. The van der Waals surface area contributed by atoms with E-state index in [1.807, 2.05) is 48.7 Å². The van der Waals surface area contributed by atoms with Gasteiger partial charge >= 0.3 is 11.9 Å². The van der Waals surface area contributed by atoms with Gasteiger partial charge in [-0.15, -0.1) is 11.3 Å². The first-order chi connectivity index (χ1) is 20.3. The zero-order valence-corrected chi connectivity index (χ0v) is 26.1. The van der Waals surface area contributed by atoms with E-state index in [9.17, 15) is 14.4 Å². The second-order valence-corrected chi connectivity index (χ2v) is 12.3. The van der Waals surface area contributed by atoms with Gasteiger partial charge in [0.1, 0.15) is 18.4 Å². The molecule has 2 aromatic heterocycles. The van der Waals surface area contributed by atoms with Gasteiger partial charge in [-0.05, 0) is 82.2 Å². The number of halogens is 1. The summed E-state index contributed by atoms with van der Waals surface area (Å²) in [5, 5.41) is 11.0. The minimum atomic E-state index is -0.976. The zero-order chi connectivity index (χ0) is 29.8. The highest BCUT2D eigenvalue weighted by molar-refractivity contribution is 9.10. The molecule has 0 radical (unpaired) electrons. The van der Waals surface area contributed by atoms with Crippen LogP contribution in [0.5, 0.6) is 5.75 Å². The van der Waals surface area contributed by atoms with E-state index in [2.05, 4.69) is 15.9 Å². The third-order valence-electron chi connectivity index (χ3n) is 6.55. The van der Waals surface area contributed by atoms with Crippen molar-refractivity contribution in [1.29, 1.82) is 0 Å². The van der Waals surface area contributed by atoms with E-state index >= 15 is 0 Å². The number of aromatic nitrogens is 1. The van der Waals surface area contributed by atoms with Crippen LogP contribution in [0.4, 0.5) is 0 Å². The molecule has 216 valence electrons. The lowest BCUT2D eigenvalue weighted by Gasteiger charge is -2.24. The summed E-state index contributed by atoms with van der Waals surface area (Å²) < 4.78 is 14.2. The van der Waals surface area contributed by atoms with E-state index in [0.29, 0.717) is 37.2 Å². The normalized spacial score (nSPS) is 14.8. The van der Waals surface area contributed by atoms with Crippen molar-refractivity contribution in [3.05, 3.63) is 117 Å². The summed E-state index contributed by atoms with van der Waals surface area (Å²) in [5.74, 6) is -0.817. The van der Waals surface area contributed by atoms with Crippen molar-refractivity contribution in [3.8, 4) is 5.75 Å². The Kier molecular flexibility index (Phi) is 9.20. The topological polar surface area (TPSA) is 107 Å². The molecular formula is C31H27BrN2O6S2. The number of carboxylic acid groups (broad SMARTS) is 1. The number of thiophene rings is 1. The Bertz CT molecular complexity index is 1840. The number of nitrogens with zero attached hydrogens (tertiary/aromatic N) is 2. The third kappa shape index (κ3) is 6.18. The number of aromatic carboxylic acids is 1. The fraction of sp³-hybridized carbons (Fsp3) is 0.226. The van der Waals surface area contributed by atoms with Gasteiger partial charge in [0.25, 0.3) is 5.56 Å². The van der Waals surface area contributed by atoms with Crippen LogP contribution in [0.2, 0.25) is 0 Å². The van der Waals surface area contributed by atoms with Gasteiger partial charge in [0, 0.05) is 4.88 Å². The van der Waals surface area contributed by atoms with Crippen molar-refractivity contribution >= 4 is 56.6 Å². The van der Waals surface area contributed by atoms with Crippen molar-refractivity contribution in [1.82, 2.24) is 4.57 Å². The average Bonchev–Trinajstić information content (AvgIpc) is 3.61. The summed E-state index contributed by atoms with van der Waals surface area (Å²) in [4.78, 5) is 44.3. The van der Waals surface area contributed by atoms with E-state index in [1.54, 1.807) is 35.8 Å². The van der Waals surface area contributed by atoms with Gasteiger partial charge in [-0.3, -0.25) is 9.36 Å². The summed E-state index contributed by atoms with van der Waals surface area (Å²) >= 11 is 6.34. The Morgan fingerprint density at radius 2 is 1.93 bits per heavy atom. The SMILES string of the molecule is CCCC1=C(C(=O)OCC)[C@H](c2cccs2)n2c(s/c(=C/c3ccc(OCc4ccc(C(=O)O)cc4)c(Br)c3)c2=O)=N1. The van der Waals surface area contributed by atoms with Crippen molar-refractivity contribution in [2.24, 2.45) is 4.99 Å². The van der Waals surface area contributed by atoms with E-state index in [1.165, 1.54) is 22.7 Å². The Hall–Kier alpha value is -3.80. The highest BCUT2D eigenvalue weighted by Crippen LogP contribution is 2.34. The van der Waals surface area contributed by atoms with Crippen LogP contribution in [0.1, 0.15) is 59.1 Å². The minimum Gasteiger partial charge on any atom is -0.488 e. The molecule has 0 aliphatic carbocycles. The first-order valence-corrected chi connectivity index (χ1v) is 15.8. The number of fused-ring (bicyclic) bond motifs is 1. The second-order valence-electron chi connectivity index (χ2n) is 9.41. The molecule has 11 heteroatoms. The predicted molar refractivity (Wildman–Crippen MR) is 166 cm³/mol. The van der Waals surface area contributed by atoms with E-state index in [-0.39, 0.29) is 24.3 Å². The Labute approximate surface area is 258 Å². The molecule has 0 bridgehead atoms. The average molecular weight is 668 g/mol. The van der Waals surface area contributed by atoms with Crippen molar-refractivity contribution in [2.45, 2.75) is 39.3 Å². The van der Waals surface area contributed by atoms with Crippen LogP contribution >= 0.6 is 38.6 Å². The number of hydrogen-bond donors (Lipinski definition) is 1. The fourth-order valence-corrected chi connectivity index (χ4v) is 6.97. The predicted octanol–water partition coefficient (Wildman–Crippen LogP) is 5.68. The van der Waals surface area contributed by atoms with Gasteiger partial charge in [-0.2, -0.15) is 0 Å². The molecular weight excluding hydrogens is 640 g/mol. The maximum absolute atomic E-state index is 13.8. The molecule has 1 aliphatic heterocycles. The molecule has 42 heavy (non-hydrogen) atoms. The minimum absolute atomic E-state index is 0.218. The van der Waals surface area contributed by atoms with Crippen LogP contribution < -0.4 is 19.6 Å². The van der Waals surface area contributed by atoms with Crippen LogP contribution in [0.15, 0.2) is 85.5 Å². The Morgan fingerprint density at radius 3 is 2.57 bits per heavy atom. The first kappa shape index (κ1) is 29.7. The number of benzene rings is 2. The van der Waals surface area contributed by atoms with E-state index in [4.69, 9.17) is 19.6 Å². The zero-order valence-electron chi connectivity index (χ0n) is 22.8. The molecule has 0 unspecified atom stereocenters. The molecule has 4 aromatic rings. The van der Waals surface area contributed by atoms with Crippen LogP contribution in [0, 0.1) is 0 Å². The standard InChI is InChI=1S/C31H27BrN2O6S2/c1-3-6-22-26(30(38)39-4-2)27(24-7-5-14-41-24)34-28(35)25(42-31(34)33-22)16-19-10-13-23(21(32)15-19)40-17-18-8-11-20(12-9-18)29(36)37/h5,7-16,27H,3-4,6,17H2,1-2H3,(H,36,37)/b25-16+/t27-/m0/s1. The smallest absolute Gasteiger partial charge is 0.338 e. The van der Waals surface area contributed by atoms with E-state index < -0.39 is 18.0 Å². The molecule has 0 fully saturated rings. The highest BCUT2D eigenvalue weighted by Gasteiger charge is 2.34. The lowest BCUT2D eigenvalue weighted by Crippen LogP contribution is -2.39. The Morgan fingerprint density at radius 1 is 1.14 bits per heavy atom. The lowest BCUT2D eigenvalue weighted by atomic mass is 9.99. The number of rotatable bonds is 10. The highest BCUT2D eigenvalue weighted by atomic mass is 79.9. The molecule has 3 heterocycles. The number of hydrogen-bond acceptors (Lipinski definition) is 8. The number of allylic oxidation sites excluding steroid dienone is 1. The molecule has 0 amide bonds. The molecule has 0 spiro atoms. The Balaban J connectivity index is 1.48. The van der Waals surface area contributed by atoms with Gasteiger partial charge in [0.05, 0.1) is 32.4 Å². The van der Waals surface area contributed by atoms with Gasteiger partial charge in [-0.1, -0.05) is 48.9 Å². The number of thiazole rings is 1. The maximum atomic E-state index is 13.8. The van der Waals surface area contributed by atoms with Crippen LogP contribution in [-0.2, 0) is 16.1 Å². The number of ether oxygens (including phenoxy) is 2. The van der Waals surface area contributed by atoms with Crippen LogP contribution in [0.25, 0.3) is 6.08 Å².